The molecule has 1 aliphatic heterocycles. The predicted octanol–water partition coefficient (Wildman–Crippen LogP) is 2.11. The van der Waals surface area contributed by atoms with Gasteiger partial charge in [0, 0.05) is 32.0 Å². The van der Waals surface area contributed by atoms with Crippen LogP contribution in [0.25, 0.3) is 0 Å². The van der Waals surface area contributed by atoms with Gasteiger partial charge in [-0.15, -0.1) is 0 Å². The fourth-order valence-corrected chi connectivity index (χ4v) is 3.01. The molecule has 1 amide bonds. The molecule has 1 aliphatic rings. The molecule has 0 aliphatic carbocycles. The van der Waals surface area contributed by atoms with Gasteiger partial charge in [-0.05, 0) is 43.7 Å². The Labute approximate surface area is 130 Å². The molecular formula is C17H23N3O2. The summed E-state index contributed by atoms with van der Waals surface area (Å²) in [5.41, 5.74) is 0. The predicted molar refractivity (Wildman–Crippen MR) is 84.2 cm³/mol. The summed E-state index contributed by atoms with van der Waals surface area (Å²) in [5.74, 6) is 1.23. The maximum Gasteiger partial charge on any atom is 0.224 e. The zero-order chi connectivity index (χ0) is 15.2. The van der Waals surface area contributed by atoms with Gasteiger partial charge < -0.3 is 14.3 Å². The van der Waals surface area contributed by atoms with Crippen molar-refractivity contribution in [3.63, 3.8) is 0 Å². The first-order valence-electron chi connectivity index (χ1n) is 7.94. The minimum Gasteiger partial charge on any atom is -0.468 e. The van der Waals surface area contributed by atoms with Gasteiger partial charge >= 0.3 is 0 Å². The Morgan fingerprint density at radius 3 is 2.95 bits per heavy atom. The number of furan rings is 1. The van der Waals surface area contributed by atoms with Gasteiger partial charge in [-0.1, -0.05) is 0 Å². The fraction of sp³-hybridized carbons (Fsp3) is 0.471. The minimum atomic E-state index is 0.0911. The topological polar surface area (TPSA) is 50.4 Å². The standard InChI is InChI=1S/C17H23N3O2/c21-17(18-7-11-19-8-1-2-9-19)15-5-3-10-20(13-15)14-16-6-4-12-22-16/h1-2,4,6,8-9,12,15H,3,5,7,10-11,13-14H2,(H,18,21)/t15-/m0/s1. The van der Waals surface area contributed by atoms with Crippen LogP contribution in [0.2, 0.25) is 0 Å². The van der Waals surface area contributed by atoms with E-state index < -0.39 is 0 Å². The van der Waals surface area contributed by atoms with Crippen molar-refractivity contribution >= 4 is 5.91 Å². The largest absolute Gasteiger partial charge is 0.468 e. The molecule has 3 rings (SSSR count). The average Bonchev–Trinajstić information content (AvgIpc) is 3.21. The molecule has 22 heavy (non-hydrogen) atoms. The third-order valence-electron chi connectivity index (χ3n) is 4.17. The SMILES string of the molecule is O=C(NCCn1cccc1)[C@H]1CCCN(Cc2ccco2)C1. The molecule has 118 valence electrons. The number of carbonyl (C=O) groups excluding carboxylic acids is 1. The molecule has 1 fully saturated rings. The van der Waals surface area contributed by atoms with Crippen LogP contribution >= 0.6 is 0 Å². The van der Waals surface area contributed by atoms with Crippen LogP contribution in [0.4, 0.5) is 0 Å². The van der Waals surface area contributed by atoms with E-state index >= 15 is 0 Å². The van der Waals surface area contributed by atoms with Crippen LogP contribution in [0.3, 0.4) is 0 Å². The van der Waals surface area contributed by atoms with Crippen molar-refractivity contribution in [2.45, 2.75) is 25.9 Å². The molecule has 5 nitrogen and oxygen atoms in total. The lowest BCUT2D eigenvalue weighted by molar-refractivity contribution is -0.126. The highest BCUT2D eigenvalue weighted by molar-refractivity contribution is 5.78. The number of rotatable bonds is 6. The van der Waals surface area contributed by atoms with Gasteiger partial charge in [0.2, 0.25) is 5.91 Å². The maximum atomic E-state index is 12.3. The van der Waals surface area contributed by atoms with Crippen molar-refractivity contribution in [3.05, 3.63) is 48.7 Å². The van der Waals surface area contributed by atoms with Gasteiger partial charge in [0.1, 0.15) is 5.76 Å². The molecule has 0 saturated carbocycles. The van der Waals surface area contributed by atoms with Gasteiger partial charge in [0.25, 0.3) is 0 Å². The van der Waals surface area contributed by atoms with E-state index in [-0.39, 0.29) is 11.8 Å². The van der Waals surface area contributed by atoms with Crippen LogP contribution in [0.1, 0.15) is 18.6 Å². The molecular weight excluding hydrogens is 278 g/mol. The Bertz CT molecular complexity index is 563. The minimum absolute atomic E-state index is 0.0911. The monoisotopic (exact) mass is 301 g/mol. The highest BCUT2D eigenvalue weighted by atomic mass is 16.3. The van der Waals surface area contributed by atoms with Crippen LogP contribution in [-0.4, -0.2) is 35.0 Å². The van der Waals surface area contributed by atoms with Crippen molar-refractivity contribution < 1.29 is 9.21 Å². The third-order valence-corrected chi connectivity index (χ3v) is 4.17. The fourth-order valence-electron chi connectivity index (χ4n) is 3.01. The maximum absolute atomic E-state index is 12.3. The summed E-state index contributed by atoms with van der Waals surface area (Å²) in [6.45, 7) is 4.15. The normalized spacial score (nSPS) is 19.2. The van der Waals surface area contributed by atoms with Gasteiger partial charge in [0.05, 0.1) is 18.7 Å². The summed E-state index contributed by atoms with van der Waals surface area (Å²) in [5, 5.41) is 3.06. The van der Waals surface area contributed by atoms with E-state index in [2.05, 4.69) is 14.8 Å². The van der Waals surface area contributed by atoms with Gasteiger partial charge in [-0.2, -0.15) is 0 Å². The Kier molecular flexibility index (Phi) is 4.96. The molecule has 2 aromatic rings. The molecule has 2 aromatic heterocycles. The zero-order valence-corrected chi connectivity index (χ0v) is 12.8. The number of hydrogen-bond acceptors (Lipinski definition) is 3. The number of hydrogen-bond donors (Lipinski definition) is 1. The molecule has 0 radical (unpaired) electrons. The van der Waals surface area contributed by atoms with Crippen LogP contribution in [0.15, 0.2) is 47.3 Å². The number of nitrogens with one attached hydrogen (secondary N) is 1. The summed E-state index contributed by atoms with van der Waals surface area (Å²) in [7, 11) is 0. The van der Waals surface area contributed by atoms with E-state index in [0.29, 0.717) is 6.54 Å². The molecule has 3 heterocycles. The molecule has 0 bridgehead atoms. The van der Waals surface area contributed by atoms with Crippen molar-refractivity contribution in [1.29, 1.82) is 0 Å². The number of piperidine rings is 1. The van der Waals surface area contributed by atoms with Crippen molar-refractivity contribution in [2.75, 3.05) is 19.6 Å². The molecule has 0 unspecified atom stereocenters. The summed E-state index contributed by atoms with van der Waals surface area (Å²) in [6, 6.07) is 7.89. The first kappa shape index (κ1) is 14.9. The Morgan fingerprint density at radius 1 is 1.32 bits per heavy atom. The highest BCUT2D eigenvalue weighted by Gasteiger charge is 2.25. The van der Waals surface area contributed by atoms with Crippen LogP contribution in [0, 0.1) is 5.92 Å². The van der Waals surface area contributed by atoms with E-state index in [1.54, 1.807) is 6.26 Å². The first-order chi connectivity index (χ1) is 10.8. The summed E-state index contributed by atoms with van der Waals surface area (Å²) in [6.07, 6.45) is 7.76. The molecule has 0 spiro atoms. The second-order valence-corrected chi connectivity index (χ2v) is 5.87. The smallest absolute Gasteiger partial charge is 0.224 e. The number of carbonyl (C=O) groups is 1. The lowest BCUT2D eigenvalue weighted by Crippen LogP contribution is -2.43. The van der Waals surface area contributed by atoms with Crippen LogP contribution in [0.5, 0.6) is 0 Å². The summed E-state index contributed by atoms with van der Waals surface area (Å²) < 4.78 is 7.47. The van der Waals surface area contributed by atoms with Crippen LogP contribution < -0.4 is 5.32 Å². The van der Waals surface area contributed by atoms with E-state index in [4.69, 9.17) is 4.42 Å². The van der Waals surface area contributed by atoms with Crippen molar-refractivity contribution in [3.8, 4) is 0 Å². The van der Waals surface area contributed by atoms with E-state index in [1.807, 2.05) is 36.7 Å². The molecule has 1 N–H and O–H groups in total. The first-order valence-corrected chi connectivity index (χ1v) is 7.94. The van der Waals surface area contributed by atoms with Crippen LogP contribution in [-0.2, 0) is 17.9 Å². The summed E-state index contributed by atoms with van der Waals surface area (Å²) in [4.78, 5) is 14.6. The van der Waals surface area contributed by atoms with Gasteiger partial charge in [-0.25, -0.2) is 0 Å². The third kappa shape index (κ3) is 4.01. The quantitative estimate of drug-likeness (QED) is 0.889. The lowest BCUT2D eigenvalue weighted by atomic mass is 9.97. The Hall–Kier alpha value is -2.01. The number of aromatic nitrogens is 1. The van der Waals surface area contributed by atoms with E-state index in [9.17, 15) is 4.79 Å². The average molecular weight is 301 g/mol. The Morgan fingerprint density at radius 2 is 2.18 bits per heavy atom. The molecule has 5 heteroatoms. The highest BCUT2D eigenvalue weighted by Crippen LogP contribution is 2.18. The molecule has 0 aromatic carbocycles. The second-order valence-electron chi connectivity index (χ2n) is 5.87. The van der Waals surface area contributed by atoms with E-state index in [0.717, 1.165) is 44.8 Å². The number of amides is 1. The second kappa shape index (κ2) is 7.31. The lowest BCUT2D eigenvalue weighted by Gasteiger charge is -2.31. The molecule has 1 saturated heterocycles. The number of likely N-dealkylation sites (tertiary alicyclic amines) is 1. The Balaban J connectivity index is 1.43. The van der Waals surface area contributed by atoms with Gasteiger partial charge in [0.15, 0.2) is 0 Å². The van der Waals surface area contributed by atoms with Crippen molar-refractivity contribution in [1.82, 2.24) is 14.8 Å². The van der Waals surface area contributed by atoms with Crippen molar-refractivity contribution in [2.24, 2.45) is 5.92 Å². The molecule has 1 atom stereocenters. The van der Waals surface area contributed by atoms with E-state index in [1.165, 1.54) is 0 Å². The zero-order valence-electron chi connectivity index (χ0n) is 12.8. The van der Waals surface area contributed by atoms with Gasteiger partial charge in [-0.3, -0.25) is 9.69 Å². The number of nitrogens with zero attached hydrogens (tertiary/aromatic N) is 2. The summed E-state index contributed by atoms with van der Waals surface area (Å²) >= 11 is 0.